The van der Waals surface area contributed by atoms with Crippen LogP contribution in [0.15, 0.2) is 50.3 Å². The first-order valence-electron chi connectivity index (χ1n) is 7.33. The third-order valence-corrected chi connectivity index (χ3v) is 4.94. The third-order valence-electron chi connectivity index (χ3n) is 3.12. The normalized spacial score (nSPS) is 13.7. The monoisotopic (exact) mass is 379 g/mol. The highest BCUT2D eigenvalue weighted by atomic mass is 79.9. The number of furan rings is 1. The lowest BCUT2D eigenvalue weighted by Gasteiger charge is -2.21. The molecule has 0 saturated carbocycles. The van der Waals surface area contributed by atoms with Crippen molar-refractivity contribution in [2.45, 2.75) is 32.6 Å². The summed E-state index contributed by atoms with van der Waals surface area (Å²) in [4.78, 5) is 4.68. The molecule has 0 fully saturated rings. The van der Waals surface area contributed by atoms with E-state index in [-0.39, 0.29) is 6.04 Å². The van der Waals surface area contributed by atoms with Gasteiger partial charge in [-0.25, -0.2) is 0 Å². The van der Waals surface area contributed by atoms with Crippen molar-refractivity contribution in [3.05, 3.63) is 58.0 Å². The number of aliphatic imine (C=N–C) groups is 1. The molecule has 0 amide bonds. The Morgan fingerprint density at radius 2 is 1.95 bits per heavy atom. The van der Waals surface area contributed by atoms with E-state index in [1.807, 2.05) is 31.2 Å². The quantitative estimate of drug-likeness (QED) is 0.499. The van der Waals surface area contributed by atoms with Gasteiger partial charge in [0.05, 0.1) is 23.3 Å². The van der Waals surface area contributed by atoms with Crippen molar-refractivity contribution in [1.29, 1.82) is 0 Å². The second-order valence-corrected chi connectivity index (χ2v) is 11.5. The summed E-state index contributed by atoms with van der Waals surface area (Å²) in [6.07, 6.45) is 1.78. The van der Waals surface area contributed by atoms with Crippen LogP contribution in [0.1, 0.15) is 23.1 Å². The second kappa shape index (κ2) is 7.40. The van der Waals surface area contributed by atoms with Gasteiger partial charge in [0.1, 0.15) is 11.5 Å². The summed E-state index contributed by atoms with van der Waals surface area (Å²) < 4.78 is 12.6. The van der Waals surface area contributed by atoms with Crippen LogP contribution in [0.5, 0.6) is 0 Å². The summed E-state index contributed by atoms with van der Waals surface area (Å²) in [5.74, 6) is 1.61. The largest absolute Gasteiger partial charge is 0.459 e. The van der Waals surface area contributed by atoms with Crippen molar-refractivity contribution >= 4 is 30.5 Å². The average molecular weight is 380 g/mol. The predicted molar refractivity (Wildman–Crippen MR) is 97.2 cm³/mol. The first-order chi connectivity index (χ1) is 10.3. The van der Waals surface area contributed by atoms with Gasteiger partial charge in [-0.15, -0.1) is 0 Å². The van der Waals surface area contributed by atoms with Crippen molar-refractivity contribution in [3.8, 4) is 0 Å². The Kier molecular flexibility index (Phi) is 5.78. The highest BCUT2D eigenvalue weighted by molar-refractivity contribution is 9.10. The zero-order valence-corrected chi connectivity index (χ0v) is 16.1. The van der Waals surface area contributed by atoms with E-state index >= 15 is 0 Å². The van der Waals surface area contributed by atoms with Gasteiger partial charge in [0, 0.05) is 0 Å². The molecule has 118 valence electrons. The van der Waals surface area contributed by atoms with Crippen molar-refractivity contribution in [3.63, 3.8) is 0 Å². The van der Waals surface area contributed by atoms with Crippen LogP contribution in [0.4, 0.5) is 0 Å². The van der Waals surface area contributed by atoms with E-state index in [0.717, 1.165) is 21.6 Å². The number of aryl methyl sites for hydroxylation is 1. The highest BCUT2D eigenvalue weighted by Crippen LogP contribution is 2.22. The first kappa shape index (κ1) is 17.2. The number of hydrogen-bond acceptors (Lipinski definition) is 3. The molecule has 0 saturated heterocycles. The van der Waals surface area contributed by atoms with E-state index in [9.17, 15) is 0 Å². The lowest BCUT2D eigenvalue weighted by Crippen LogP contribution is -2.27. The Bertz CT molecular complexity index is 612. The lowest BCUT2D eigenvalue weighted by molar-refractivity contribution is 0.285. The molecular formula is C17H22BrNO2Si. The van der Waals surface area contributed by atoms with E-state index in [1.54, 1.807) is 6.21 Å². The molecule has 3 nitrogen and oxygen atoms in total. The minimum absolute atomic E-state index is 0.0166. The minimum atomic E-state index is -1.57. The number of benzene rings is 1. The maximum Gasteiger partial charge on any atom is 0.183 e. The van der Waals surface area contributed by atoms with Gasteiger partial charge >= 0.3 is 0 Å². The molecule has 1 atom stereocenters. The van der Waals surface area contributed by atoms with Gasteiger partial charge in [-0.3, -0.25) is 4.99 Å². The number of hydrogen-bond donors (Lipinski definition) is 0. The second-order valence-electron chi connectivity index (χ2n) is 6.18. The SMILES string of the molecule is Cc1oc(/C=N/[C@@H](CO[Si](C)(C)C)c2ccccc2)cc1Br. The first-order valence-corrected chi connectivity index (χ1v) is 11.5. The van der Waals surface area contributed by atoms with Crippen LogP contribution in [0, 0.1) is 6.92 Å². The lowest BCUT2D eigenvalue weighted by atomic mass is 10.1. The maximum absolute atomic E-state index is 6.05. The number of rotatable bonds is 6. The van der Waals surface area contributed by atoms with Crippen molar-refractivity contribution < 1.29 is 8.84 Å². The third kappa shape index (κ3) is 5.23. The van der Waals surface area contributed by atoms with Crippen LogP contribution in [0.3, 0.4) is 0 Å². The van der Waals surface area contributed by atoms with Gasteiger partial charge in [-0.2, -0.15) is 0 Å². The topological polar surface area (TPSA) is 34.7 Å². The van der Waals surface area contributed by atoms with E-state index in [1.165, 1.54) is 0 Å². The zero-order valence-electron chi connectivity index (χ0n) is 13.5. The van der Waals surface area contributed by atoms with Gasteiger partial charge in [0.15, 0.2) is 8.32 Å². The van der Waals surface area contributed by atoms with Crippen LogP contribution in [-0.2, 0) is 4.43 Å². The Labute approximate surface area is 141 Å². The van der Waals surface area contributed by atoms with Gasteiger partial charge in [-0.05, 0) is 54.1 Å². The molecule has 0 bridgehead atoms. The van der Waals surface area contributed by atoms with Crippen molar-refractivity contribution in [2.75, 3.05) is 6.61 Å². The van der Waals surface area contributed by atoms with Crippen molar-refractivity contribution in [2.24, 2.45) is 4.99 Å². The summed E-state index contributed by atoms with van der Waals surface area (Å²) in [5.41, 5.74) is 1.15. The molecule has 0 spiro atoms. The van der Waals surface area contributed by atoms with E-state index < -0.39 is 8.32 Å². The van der Waals surface area contributed by atoms with E-state index in [0.29, 0.717) is 6.61 Å². The maximum atomic E-state index is 6.05. The Hall–Kier alpha value is -1.17. The molecule has 1 aromatic heterocycles. The molecule has 0 aliphatic heterocycles. The average Bonchev–Trinajstić information content (AvgIpc) is 2.77. The fraction of sp³-hybridized carbons (Fsp3) is 0.353. The standard InChI is InChI=1S/C17H22BrNO2Si/c1-13-16(18)10-15(21-13)11-19-17(12-20-22(2,3)4)14-8-6-5-7-9-14/h5-11,17H,12H2,1-4H3/b19-11+/t17-/m0/s1. The molecule has 2 rings (SSSR count). The Morgan fingerprint density at radius 3 is 2.50 bits per heavy atom. The van der Waals surface area contributed by atoms with Crippen molar-refractivity contribution in [1.82, 2.24) is 0 Å². The number of halogens is 1. The van der Waals surface area contributed by atoms with Gasteiger partial charge in [0.25, 0.3) is 0 Å². The van der Waals surface area contributed by atoms with Crippen LogP contribution in [0.25, 0.3) is 0 Å². The molecule has 22 heavy (non-hydrogen) atoms. The fourth-order valence-electron chi connectivity index (χ4n) is 1.94. The molecule has 1 heterocycles. The number of nitrogens with zero attached hydrogens (tertiary/aromatic N) is 1. The van der Waals surface area contributed by atoms with Crippen LogP contribution in [0.2, 0.25) is 19.6 Å². The summed E-state index contributed by atoms with van der Waals surface area (Å²) in [5, 5.41) is 0. The fourth-order valence-corrected chi connectivity index (χ4v) is 2.90. The molecule has 0 N–H and O–H groups in total. The predicted octanol–water partition coefficient (Wildman–Crippen LogP) is 5.36. The molecule has 0 aliphatic carbocycles. The van der Waals surface area contributed by atoms with Gasteiger partial charge in [-0.1, -0.05) is 30.3 Å². The summed E-state index contributed by atoms with van der Waals surface area (Å²) in [6.45, 7) is 9.07. The highest BCUT2D eigenvalue weighted by Gasteiger charge is 2.18. The van der Waals surface area contributed by atoms with Crippen LogP contribution < -0.4 is 0 Å². The van der Waals surface area contributed by atoms with Gasteiger partial charge < -0.3 is 8.84 Å². The molecule has 5 heteroatoms. The molecule has 0 aliphatic rings. The summed E-state index contributed by atoms with van der Waals surface area (Å²) >= 11 is 3.45. The van der Waals surface area contributed by atoms with E-state index in [2.05, 4.69) is 52.7 Å². The van der Waals surface area contributed by atoms with Gasteiger partial charge in [0.2, 0.25) is 0 Å². The molecule has 2 aromatic rings. The smallest absolute Gasteiger partial charge is 0.183 e. The Morgan fingerprint density at radius 1 is 1.27 bits per heavy atom. The molecular weight excluding hydrogens is 358 g/mol. The van der Waals surface area contributed by atoms with Crippen LogP contribution in [-0.4, -0.2) is 21.1 Å². The Balaban J connectivity index is 2.17. The summed E-state index contributed by atoms with van der Waals surface area (Å²) in [7, 11) is -1.57. The molecule has 0 radical (unpaired) electrons. The zero-order chi connectivity index (χ0) is 16.2. The van der Waals surface area contributed by atoms with Crippen LogP contribution >= 0.6 is 15.9 Å². The minimum Gasteiger partial charge on any atom is -0.459 e. The molecule has 0 unspecified atom stereocenters. The summed E-state index contributed by atoms with van der Waals surface area (Å²) in [6, 6.07) is 12.1. The van der Waals surface area contributed by atoms with E-state index in [4.69, 9.17) is 8.84 Å². The molecule has 1 aromatic carbocycles.